The molecule has 1 aromatic heterocycles. The second-order valence-electron chi connectivity index (χ2n) is 5.17. The first-order valence-electron chi connectivity index (χ1n) is 6.57. The molecule has 0 spiro atoms. The van der Waals surface area contributed by atoms with Gasteiger partial charge in [0.1, 0.15) is 5.82 Å². The third-order valence-electron chi connectivity index (χ3n) is 3.12. The molecule has 1 aliphatic heterocycles. The van der Waals surface area contributed by atoms with Gasteiger partial charge in [0.25, 0.3) is 5.56 Å². The summed E-state index contributed by atoms with van der Waals surface area (Å²) in [6, 6.07) is 1.14. The molecule has 7 nitrogen and oxygen atoms in total. The lowest BCUT2D eigenvalue weighted by atomic mass is 10.1. The van der Waals surface area contributed by atoms with Gasteiger partial charge < -0.3 is 19.5 Å². The zero-order valence-corrected chi connectivity index (χ0v) is 12.0. The molecule has 1 saturated heterocycles. The number of amides is 1. The number of rotatable bonds is 3. The predicted molar refractivity (Wildman–Crippen MR) is 73.4 cm³/mol. The van der Waals surface area contributed by atoms with Crippen molar-refractivity contribution in [3.05, 3.63) is 27.9 Å². The number of carbonyl (C=O) groups is 1. The summed E-state index contributed by atoms with van der Waals surface area (Å²) in [7, 11) is 3.70. The molecule has 0 bridgehead atoms. The zero-order valence-electron chi connectivity index (χ0n) is 12.0. The minimum atomic E-state index is -0.294. The molecule has 0 radical (unpaired) electrons. The number of morpholine rings is 1. The summed E-state index contributed by atoms with van der Waals surface area (Å²) in [5.74, 6) is 0.557. The monoisotopic (exact) mass is 280 g/mol. The van der Waals surface area contributed by atoms with Crippen LogP contribution in [-0.4, -0.2) is 66.1 Å². The average molecular weight is 280 g/mol. The van der Waals surface area contributed by atoms with E-state index >= 15 is 0 Å². The summed E-state index contributed by atoms with van der Waals surface area (Å²) in [5.41, 5.74) is 0.371. The van der Waals surface area contributed by atoms with E-state index < -0.39 is 0 Å². The molecule has 2 heterocycles. The number of H-pyrrole nitrogens is 1. The van der Waals surface area contributed by atoms with E-state index in [2.05, 4.69) is 9.97 Å². The molecule has 1 atom stereocenters. The van der Waals surface area contributed by atoms with Gasteiger partial charge in [0, 0.05) is 12.6 Å². The number of nitrogens with zero attached hydrogens (tertiary/aromatic N) is 3. The molecule has 1 amide bonds. The summed E-state index contributed by atoms with van der Waals surface area (Å²) >= 11 is 0. The first kappa shape index (κ1) is 14.7. The molecule has 1 fully saturated rings. The van der Waals surface area contributed by atoms with Crippen LogP contribution in [0.4, 0.5) is 0 Å². The molecular weight excluding hydrogens is 260 g/mol. The van der Waals surface area contributed by atoms with Gasteiger partial charge in [0.15, 0.2) is 0 Å². The minimum absolute atomic E-state index is 0.0167. The molecule has 1 unspecified atom stereocenters. The van der Waals surface area contributed by atoms with E-state index in [0.717, 1.165) is 0 Å². The van der Waals surface area contributed by atoms with Gasteiger partial charge in [0.2, 0.25) is 5.91 Å². The van der Waals surface area contributed by atoms with Crippen LogP contribution in [0.25, 0.3) is 0 Å². The fourth-order valence-electron chi connectivity index (χ4n) is 2.28. The number of hydrogen-bond acceptors (Lipinski definition) is 5. The Balaban J connectivity index is 2.26. The van der Waals surface area contributed by atoms with Gasteiger partial charge in [-0.1, -0.05) is 0 Å². The first-order valence-corrected chi connectivity index (χ1v) is 6.57. The predicted octanol–water partition coefficient (Wildman–Crippen LogP) is -0.460. The Labute approximate surface area is 117 Å². The Morgan fingerprint density at radius 3 is 3.00 bits per heavy atom. The van der Waals surface area contributed by atoms with Crippen LogP contribution >= 0.6 is 0 Å². The van der Waals surface area contributed by atoms with Gasteiger partial charge in [-0.05, 0) is 21.0 Å². The van der Waals surface area contributed by atoms with Crippen molar-refractivity contribution in [1.29, 1.82) is 0 Å². The molecule has 110 valence electrons. The van der Waals surface area contributed by atoms with E-state index in [-0.39, 0.29) is 17.5 Å². The van der Waals surface area contributed by atoms with E-state index in [0.29, 0.717) is 37.8 Å². The van der Waals surface area contributed by atoms with Crippen LogP contribution in [-0.2, 0) is 9.53 Å². The molecule has 20 heavy (non-hydrogen) atoms. The van der Waals surface area contributed by atoms with E-state index in [1.165, 1.54) is 6.07 Å². The summed E-state index contributed by atoms with van der Waals surface area (Å²) in [6.07, 6.45) is 0. The van der Waals surface area contributed by atoms with Crippen LogP contribution < -0.4 is 5.56 Å². The van der Waals surface area contributed by atoms with Gasteiger partial charge in [-0.2, -0.15) is 0 Å². The van der Waals surface area contributed by atoms with Crippen molar-refractivity contribution in [2.75, 3.05) is 40.4 Å². The van der Waals surface area contributed by atoms with Crippen molar-refractivity contribution in [3.63, 3.8) is 0 Å². The van der Waals surface area contributed by atoms with Gasteiger partial charge in [-0.15, -0.1) is 0 Å². The Morgan fingerprint density at radius 1 is 1.60 bits per heavy atom. The third-order valence-corrected chi connectivity index (χ3v) is 3.12. The fourth-order valence-corrected chi connectivity index (χ4v) is 2.28. The van der Waals surface area contributed by atoms with Gasteiger partial charge in [-0.3, -0.25) is 9.59 Å². The number of hydrogen-bond donors (Lipinski definition) is 1. The van der Waals surface area contributed by atoms with E-state index in [9.17, 15) is 9.59 Å². The summed E-state index contributed by atoms with van der Waals surface area (Å²) in [4.78, 5) is 34.3. The van der Waals surface area contributed by atoms with Crippen LogP contribution in [0.3, 0.4) is 0 Å². The highest BCUT2D eigenvalue weighted by Gasteiger charge is 2.30. The average Bonchev–Trinajstić information content (AvgIpc) is 2.36. The maximum absolute atomic E-state index is 12.3. The zero-order chi connectivity index (χ0) is 14.7. The molecular formula is C13H20N4O3. The fraction of sp³-hybridized carbons (Fsp3) is 0.615. The highest BCUT2D eigenvalue weighted by Crippen LogP contribution is 2.22. The molecule has 1 aliphatic rings. The number of aromatic amines is 1. The lowest BCUT2D eigenvalue weighted by Crippen LogP contribution is -2.47. The second-order valence-corrected chi connectivity index (χ2v) is 5.17. The van der Waals surface area contributed by atoms with Crippen molar-refractivity contribution in [1.82, 2.24) is 19.8 Å². The maximum atomic E-state index is 12.3. The SMILES string of the molecule is Cc1nc(C2COCCN2C(=O)CN(C)C)cc(=O)[nH]1. The van der Waals surface area contributed by atoms with Crippen LogP contribution in [0.1, 0.15) is 17.6 Å². The lowest BCUT2D eigenvalue weighted by molar-refractivity contribution is -0.141. The Hall–Kier alpha value is -1.73. The smallest absolute Gasteiger partial charge is 0.251 e. The van der Waals surface area contributed by atoms with E-state index in [4.69, 9.17) is 4.74 Å². The highest BCUT2D eigenvalue weighted by molar-refractivity contribution is 5.78. The molecule has 1 N–H and O–H groups in total. The standard InChI is InChI=1S/C13H20N4O3/c1-9-14-10(6-12(18)15-9)11-8-20-5-4-17(11)13(19)7-16(2)3/h6,11H,4-5,7-8H2,1-3H3,(H,14,15,18). The summed E-state index contributed by atoms with van der Waals surface area (Å²) in [6.45, 7) is 3.46. The van der Waals surface area contributed by atoms with E-state index in [1.807, 2.05) is 19.0 Å². The van der Waals surface area contributed by atoms with Crippen molar-refractivity contribution < 1.29 is 9.53 Å². The number of carbonyl (C=O) groups excluding carboxylic acids is 1. The van der Waals surface area contributed by atoms with Gasteiger partial charge >= 0.3 is 0 Å². The van der Waals surface area contributed by atoms with Crippen LogP contribution in [0, 0.1) is 6.92 Å². The van der Waals surface area contributed by atoms with Crippen molar-refractivity contribution in [2.45, 2.75) is 13.0 Å². The third kappa shape index (κ3) is 3.43. The van der Waals surface area contributed by atoms with Crippen LogP contribution in [0.5, 0.6) is 0 Å². The Kier molecular flexibility index (Phi) is 4.51. The molecule has 0 aromatic carbocycles. The number of ether oxygens (including phenoxy) is 1. The molecule has 7 heteroatoms. The molecule has 0 aliphatic carbocycles. The summed E-state index contributed by atoms with van der Waals surface area (Å²) in [5, 5.41) is 0. The minimum Gasteiger partial charge on any atom is -0.377 e. The van der Waals surface area contributed by atoms with Gasteiger partial charge in [0.05, 0.1) is 31.5 Å². The quantitative estimate of drug-likeness (QED) is 0.810. The highest BCUT2D eigenvalue weighted by atomic mass is 16.5. The molecule has 0 saturated carbocycles. The number of nitrogens with one attached hydrogen (secondary N) is 1. The van der Waals surface area contributed by atoms with Crippen molar-refractivity contribution in [3.8, 4) is 0 Å². The Morgan fingerprint density at radius 2 is 2.35 bits per heavy atom. The van der Waals surface area contributed by atoms with Crippen LogP contribution in [0.15, 0.2) is 10.9 Å². The van der Waals surface area contributed by atoms with Crippen LogP contribution in [0.2, 0.25) is 0 Å². The number of likely N-dealkylation sites (N-methyl/N-ethyl adjacent to an activating group) is 1. The van der Waals surface area contributed by atoms with E-state index in [1.54, 1.807) is 11.8 Å². The lowest BCUT2D eigenvalue weighted by Gasteiger charge is -2.35. The Bertz CT molecular complexity index is 541. The second kappa shape index (κ2) is 6.15. The van der Waals surface area contributed by atoms with Crippen molar-refractivity contribution >= 4 is 5.91 Å². The largest absolute Gasteiger partial charge is 0.377 e. The molecule has 2 rings (SSSR count). The van der Waals surface area contributed by atoms with Crippen molar-refractivity contribution in [2.24, 2.45) is 0 Å². The number of aromatic nitrogens is 2. The normalized spacial score (nSPS) is 19.4. The topological polar surface area (TPSA) is 78.5 Å². The van der Waals surface area contributed by atoms with Gasteiger partial charge in [-0.25, -0.2) is 4.98 Å². The maximum Gasteiger partial charge on any atom is 0.251 e. The molecule has 1 aromatic rings. The summed E-state index contributed by atoms with van der Waals surface area (Å²) < 4.78 is 5.44. The number of aryl methyl sites for hydroxylation is 1. The first-order chi connectivity index (χ1) is 9.47.